The Kier molecular flexibility index (Phi) is 5.44. The maximum absolute atomic E-state index is 11.7. The third-order valence-electron chi connectivity index (χ3n) is 5.52. The van der Waals surface area contributed by atoms with Gasteiger partial charge >= 0.3 is 0 Å². The first-order valence-corrected chi connectivity index (χ1v) is 8.32. The monoisotopic (exact) mass is 265 g/mol. The molecule has 0 radical (unpaired) electrons. The lowest BCUT2D eigenvalue weighted by Gasteiger charge is -2.38. The summed E-state index contributed by atoms with van der Waals surface area (Å²) in [4.78, 5) is 14.2. The molecule has 0 aromatic carbocycles. The molecule has 2 heteroatoms. The molecule has 110 valence electrons. The highest BCUT2D eigenvalue weighted by Gasteiger charge is 2.34. The van der Waals surface area contributed by atoms with Gasteiger partial charge in [0.05, 0.1) is 0 Å². The van der Waals surface area contributed by atoms with Gasteiger partial charge in [-0.05, 0) is 51.5 Å². The van der Waals surface area contributed by atoms with E-state index >= 15 is 0 Å². The van der Waals surface area contributed by atoms with Crippen molar-refractivity contribution in [1.82, 2.24) is 4.90 Å². The molecule has 19 heavy (non-hydrogen) atoms. The van der Waals surface area contributed by atoms with Gasteiger partial charge in [0.1, 0.15) is 6.29 Å². The Balaban J connectivity index is 1.91. The van der Waals surface area contributed by atoms with E-state index in [1.807, 2.05) is 0 Å². The molecule has 2 fully saturated rings. The molecule has 0 atom stereocenters. The second kappa shape index (κ2) is 6.88. The third-order valence-corrected chi connectivity index (χ3v) is 5.52. The van der Waals surface area contributed by atoms with E-state index in [2.05, 4.69) is 18.9 Å². The van der Waals surface area contributed by atoms with Gasteiger partial charge < -0.3 is 9.69 Å². The summed E-state index contributed by atoms with van der Waals surface area (Å²) in [7, 11) is 2.25. The maximum Gasteiger partial charge on any atom is 0.127 e. The van der Waals surface area contributed by atoms with Crippen molar-refractivity contribution in [2.24, 2.45) is 11.3 Å². The van der Waals surface area contributed by atoms with E-state index < -0.39 is 0 Å². The lowest BCUT2D eigenvalue weighted by Crippen LogP contribution is -2.43. The normalized spacial score (nSPS) is 31.9. The highest BCUT2D eigenvalue weighted by molar-refractivity contribution is 5.59. The summed E-state index contributed by atoms with van der Waals surface area (Å²) in [6.45, 7) is 3.37. The molecule has 2 aliphatic rings. The van der Waals surface area contributed by atoms with Crippen LogP contribution in [0, 0.1) is 11.3 Å². The van der Waals surface area contributed by atoms with Crippen molar-refractivity contribution in [1.29, 1.82) is 0 Å². The van der Waals surface area contributed by atoms with Gasteiger partial charge in [-0.25, -0.2) is 0 Å². The summed E-state index contributed by atoms with van der Waals surface area (Å²) < 4.78 is 0. The van der Waals surface area contributed by atoms with E-state index in [9.17, 15) is 4.79 Å². The molecule has 0 aliphatic heterocycles. The Labute approximate surface area is 118 Å². The Morgan fingerprint density at radius 2 is 1.63 bits per heavy atom. The summed E-state index contributed by atoms with van der Waals surface area (Å²) in [5.41, 5.74) is -0.0334. The van der Waals surface area contributed by atoms with Crippen molar-refractivity contribution in [2.75, 3.05) is 13.6 Å². The SMILES string of the molecule is CC1CCC(N(C)CC2(C=O)CCCCCC2)CC1. The quantitative estimate of drug-likeness (QED) is 0.565. The van der Waals surface area contributed by atoms with Crippen LogP contribution in [0.3, 0.4) is 0 Å². The van der Waals surface area contributed by atoms with E-state index in [1.165, 1.54) is 57.7 Å². The van der Waals surface area contributed by atoms with Gasteiger partial charge in [0.2, 0.25) is 0 Å². The summed E-state index contributed by atoms with van der Waals surface area (Å²) in [5.74, 6) is 0.905. The topological polar surface area (TPSA) is 20.3 Å². The number of carbonyl (C=O) groups is 1. The molecule has 0 amide bonds. The molecule has 0 saturated heterocycles. The van der Waals surface area contributed by atoms with E-state index in [4.69, 9.17) is 0 Å². The van der Waals surface area contributed by atoms with Gasteiger partial charge in [0.25, 0.3) is 0 Å². The molecule has 2 aliphatic carbocycles. The number of hydrogen-bond donors (Lipinski definition) is 0. The minimum atomic E-state index is -0.0334. The van der Waals surface area contributed by atoms with E-state index in [-0.39, 0.29) is 5.41 Å². The standard InChI is InChI=1S/C17H31NO/c1-15-7-9-16(10-8-15)18(2)13-17(14-19)11-5-3-4-6-12-17/h14-16H,3-13H2,1-2H3. The van der Waals surface area contributed by atoms with Crippen LogP contribution in [-0.2, 0) is 4.79 Å². The van der Waals surface area contributed by atoms with Crippen LogP contribution in [-0.4, -0.2) is 30.8 Å². The molecule has 2 nitrogen and oxygen atoms in total. The number of rotatable bonds is 4. The molecule has 0 unspecified atom stereocenters. The van der Waals surface area contributed by atoms with Crippen molar-refractivity contribution in [3.05, 3.63) is 0 Å². The number of carbonyl (C=O) groups excluding carboxylic acids is 1. The van der Waals surface area contributed by atoms with Crippen LogP contribution in [0.15, 0.2) is 0 Å². The van der Waals surface area contributed by atoms with Gasteiger partial charge in [-0.15, -0.1) is 0 Å². The fraction of sp³-hybridized carbons (Fsp3) is 0.941. The minimum Gasteiger partial charge on any atom is -0.303 e. The van der Waals surface area contributed by atoms with Gasteiger partial charge in [-0.2, -0.15) is 0 Å². The van der Waals surface area contributed by atoms with Gasteiger partial charge in [-0.1, -0.05) is 32.6 Å². The van der Waals surface area contributed by atoms with Crippen LogP contribution in [0.2, 0.25) is 0 Å². The molecular weight excluding hydrogens is 234 g/mol. The molecule has 0 spiro atoms. The molecule has 0 N–H and O–H groups in total. The fourth-order valence-electron chi connectivity index (χ4n) is 4.05. The van der Waals surface area contributed by atoms with Crippen LogP contribution in [0.4, 0.5) is 0 Å². The molecule has 2 saturated carbocycles. The summed E-state index contributed by atoms with van der Waals surface area (Å²) in [6.07, 6.45) is 14.0. The van der Waals surface area contributed by atoms with Gasteiger partial charge in [0, 0.05) is 18.0 Å². The van der Waals surface area contributed by atoms with Crippen molar-refractivity contribution in [2.45, 2.75) is 77.2 Å². The lowest BCUT2D eigenvalue weighted by molar-refractivity contribution is -0.118. The van der Waals surface area contributed by atoms with Crippen LogP contribution in [0.1, 0.15) is 71.1 Å². The predicted octanol–water partition coefficient (Wildman–Crippen LogP) is 4.04. The number of hydrogen-bond acceptors (Lipinski definition) is 2. The van der Waals surface area contributed by atoms with Gasteiger partial charge in [0.15, 0.2) is 0 Å². The highest BCUT2D eigenvalue weighted by atomic mass is 16.1. The van der Waals surface area contributed by atoms with Crippen molar-refractivity contribution < 1.29 is 4.79 Å². The zero-order valence-electron chi connectivity index (χ0n) is 12.9. The average molecular weight is 265 g/mol. The maximum atomic E-state index is 11.7. The zero-order chi connectivity index (χ0) is 13.7. The Bertz CT molecular complexity index is 273. The molecule has 0 aromatic rings. The van der Waals surface area contributed by atoms with Crippen LogP contribution in [0.25, 0.3) is 0 Å². The smallest absolute Gasteiger partial charge is 0.127 e. The summed E-state index contributed by atoms with van der Waals surface area (Å²) >= 11 is 0. The van der Waals surface area contributed by atoms with Crippen LogP contribution in [0.5, 0.6) is 0 Å². The zero-order valence-corrected chi connectivity index (χ0v) is 12.9. The first-order chi connectivity index (χ1) is 9.15. The van der Waals surface area contributed by atoms with E-state index in [0.29, 0.717) is 0 Å². The first-order valence-electron chi connectivity index (χ1n) is 8.32. The summed E-state index contributed by atoms with van der Waals surface area (Å²) in [6, 6.07) is 0.719. The molecular formula is C17H31NO. The fourth-order valence-corrected chi connectivity index (χ4v) is 4.05. The van der Waals surface area contributed by atoms with Crippen LogP contribution < -0.4 is 0 Å². The highest BCUT2D eigenvalue weighted by Crippen LogP contribution is 2.35. The Hall–Kier alpha value is -0.370. The van der Waals surface area contributed by atoms with Crippen molar-refractivity contribution >= 4 is 6.29 Å². The average Bonchev–Trinajstić information content (AvgIpc) is 2.65. The van der Waals surface area contributed by atoms with Crippen LogP contribution >= 0.6 is 0 Å². The number of aldehydes is 1. The van der Waals surface area contributed by atoms with Gasteiger partial charge in [-0.3, -0.25) is 0 Å². The minimum absolute atomic E-state index is 0.0334. The largest absolute Gasteiger partial charge is 0.303 e. The van der Waals surface area contributed by atoms with Crippen molar-refractivity contribution in [3.63, 3.8) is 0 Å². The Morgan fingerprint density at radius 3 is 2.16 bits per heavy atom. The lowest BCUT2D eigenvalue weighted by atomic mass is 9.80. The Morgan fingerprint density at radius 1 is 1.05 bits per heavy atom. The summed E-state index contributed by atoms with van der Waals surface area (Å²) in [5, 5.41) is 0. The first kappa shape index (κ1) is 15.0. The molecule has 2 rings (SSSR count). The third kappa shape index (κ3) is 4.05. The second-order valence-corrected chi connectivity index (χ2v) is 7.22. The van der Waals surface area contributed by atoms with Crippen molar-refractivity contribution in [3.8, 4) is 0 Å². The van der Waals surface area contributed by atoms with E-state index in [1.54, 1.807) is 0 Å². The predicted molar refractivity (Wildman–Crippen MR) is 80.2 cm³/mol. The molecule has 0 aromatic heterocycles. The second-order valence-electron chi connectivity index (χ2n) is 7.22. The number of nitrogens with zero attached hydrogens (tertiary/aromatic N) is 1. The van der Waals surface area contributed by atoms with E-state index in [0.717, 1.165) is 31.3 Å². The molecule has 0 bridgehead atoms. The molecule has 0 heterocycles.